The van der Waals surface area contributed by atoms with Gasteiger partial charge in [-0.25, -0.2) is 14.4 Å². The molecule has 2 aromatic carbocycles. The van der Waals surface area contributed by atoms with Crippen LogP contribution in [0.3, 0.4) is 0 Å². The van der Waals surface area contributed by atoms with E-state index < -0.39 is 24.4 Å². The van der Waals surface area contributed by atoms with E-state index in [1.165, 1.54) is 27.6 Å². The molecule has 7 rings (SSSR count). The van der Waals surface area contributed by atoms with Gasteiger partial charge in [0.2, 0.25) is 0 Å². The van der Waals surface area contributed by atoms with Crippen LogP contribution in [0.15, 0.2) is 77.8 Å². The van der Waals surface area contributed by atoms with E-state index in [4.69, 9.17) is 50.7 Å². The average Bonchev–Trinajstić information content (AvgIpc) is 4.04. The Morgan fingerprint density at radius 1 is 0.807 bits per heavy atom. The molecule has 5 heterocycles. The summed E-state index contributed by atoms with van der Waals surface area (Å²) in [6.45, 7) is 11.3. The molecule has 2 atom stereocenters. The number of hydrogen-bond acceptors (Lipinski definition) is 12. The van der Waals surface area contributed by atoms with Crippen molar-refractivity contribution in [2.45, 2.75) is 25.0 Å². The Labute approximate surface area is 347 Å². The minimum Gasteiger partial charge on any atom is -0.442 e. The summed E-state index contributed by atoms with van der Waals surface area (Å²) in [5.74, 6) is 0.412. The van der Waals surface area contributed by atoms with E-state index in [2.05, 4.69) is 25.8 Å². The van der Waals surface area contributed by atoms with E-state index in [1.807, 2.05) is 24.3 Å². The molecule has 0 radical (unpaired) electrons. The van der Waals surface area contributed by atoms with Gasteiger partial charge in [0.1, 0.15) is 18.0 Å². The number of nitrogens with two attached hydrogens (primary N) is 2. The smallest absolute Gasteiger partial charge is 0.414 e. The quantitative estimate of drug-likeness (QED) is 0.114. The number of rotatable bonds is 11. The lowest BCUT2D eigenvalue weighted by Gasteiger charge is -2.17. The molecule has 300 valence electrons. The maximum atomic E-state index is 12.2. The number of thiophene rings is 2. The van der Waals surface area contributed by atoms with Gasteiger partial charge in [-0.05, 0) is 86.6 Å². The highest BCUT2D eigenvalue weighted by atomic mass is 35.5. The molecule has 7 N–H and O–H groups in total. The summed E-state index contributed by atoms with van der Waals surface area (Å²) in [6.07, 6.45) is 0.259. The zero-order chi connectivity index (χ0) is 40.7. The van der Waals surface area contributed by atoms with Crippen molar-refractivity contribution >= 4 is 92.8 Å². The summed E-state index contributed by atoms with van der Waals surface area (Å²) < 4.78 is 11.7. The van der Waals surface area contributed by atoms with Gasteiger partial charge in [0.25, 0.3) is 11.8 Å². The number of anilines is 2. The number of benzene rings is 2. The number of ether oxygens (including phenoxy) is 2. The fourth-order valence-corrected chi connectivity index (χ4v) is 7.41. The molecule has 0 spiro atoms. The minimum absolute atomic E-state index is 0.219. The number of carbonyl (C=O) groups excluding carboxylic acids is 4. The second-order valence-electron chi connectivity index (χ2n) is 12.5. The first-order valence-corrected chi connectivity index (χ1v) is 20.3. The van der Waals surface area contributed by atoms with Gasteiger partial charge in [0.05, 0.1) is 51.2 Å². The van der Waals surface area contributed by atoms with E-state index in [0.29, 0.717) is 42.9 Å². The van der Waals surface area contributed by atoms with E-state index in [1.54, 1.807) is 53.4 Å². The minimum atomic E-state index is -0.469. The van der Waals surface area contributed by atoms with Crippen molar-refractivity contribution in [3.63, 3.8) is 0 Å². The predicted molar refractivity (Wildman–Crippen MR) is 224 cm³/mol. The molecule has 2 fully saturated rings. The molecule has 0 bridgehead atoms. The normalized spacial score (nSPS) is 17.1. The van der Waals surface area contributed by atoms with E-state index in [9.17, 15) is 19.2 Å². The van der Waals surface area contributed by atoms with E-state index in [0.717, 1.165) is 56.1 Å². The van der Waals surface area contributed by atoms with Crippen LogP contribution < -0.4 is 37.2 Å². The number of amides is 4. The summed E-state index contributed by atoms with van der Waals surface area (Å²) in [7, 11) is 0. The lowest BCUT2D eigenvalue weighted by Crippen LogP contribution is -2.34. The first-order chi connectivity index (χ1) is 27.6. The third kappa shape index (κ3) is 12.4. The summed E-state index contributed by atoms with van der Waals surface area (Å²) in [5.41, 5.74) is 13.0. The molecule has 15 nitrogen and oxygen atoms in total. The fourth-order valence-electron chi connectivity index (χ4n) is 5.49. The Morgan fingerprint density at radius 3 is 1.68 bits per heavy atom. The second kappa shape index (κ2) is 21.3. The van der Waals surface area contributed by atoms with Crippen molar-refractivity contribution in [3.8, 4) is 0 Å². The van der Waals surface area contributed by atoms with Crippen LogP contribution in [0.5, 0.6) is 0 Å². The van der Waals surface area contributed by atoms with Gasteiger partial charge in [0.15, 0.2) is 5.69 Å². The van der Waals surface area contributed by atoms with Gasteiger partial charge >= 0.3 is 12.2 Å². The number of halogens is 2. The second-order valence-corrected chi connectivity index (χ2v) is 15.9. The SMILES string of the molecule is NCCCN.O=C(NC[C@H]1CN(c2ccc(C3=NCCCN3)cc2)C(=O)O1)c1ccc(Cl)s1.[C-]#[N+]c1ccc(N2C[C@H](CNC(=O)c3ccc(Cl)s3)OC2=O)cc1. The van der Waals surface area contributed by atoms with Crippen LogP contribution >= 0.6 is 45.9 Å². The van der Waals surface area contributed by atoms with Crippen molar-refractivity contribution in [1.29, 1.82) is 0 Å². The molecular formula is C38H41Cl2N9O6S2. The molecule has 19 heteroatoms. The van der Waals surface area contributed by atoms with Crippen LogP contribution in [0, 0.1) is 6.57 Å². The maximum absolute atomic E-state index is 12.2. The molecule has 3 aliphatic rings. The van der Waals surface area contributed by atoms with Crippen LogP contribution in [0.1, 0.15) is 37.7 Å². The molecule has 2 saturated heterocycles. The molecule has 4 aromatic rings. The first kappa shape index (κ1) is 42.9. The molecular weight excluding hydrogens is 814 g/mol. The Hall–Kier alpha value is -5.22. The Kier molecular flexibility index (Phi) is 16.1. The van der Waals surface area contributed by atoms with Crippen LogP contribution in [0.25, 0.3) is 4.85 Å². The summed E-state index contributed by atoms with van der Waals surface area (Å²) >= 11 is 14.1. The molecule has 2 aromatic heterocycles. The van der Waals surface area contributed by atoms with Crippen LogP contribution in [0.2, 0.25) is 8.67 Å². The predicted octanol–water partition coefficient (Wildman–Crippen LogP) is 5.90. The van der Waals surface area contributed by atoms with Crippen molar-refractivity contribution in [2.75, 3.05) is 62.2 Å². The topological polar surface area (TPSA) is 198 Å². The third-order valence-corrected chi connectivity index (χ3v) is 10.8. The van der Waals surface area contributed by atoms with Crippen LogP contribution in [-0.2, 0) is 9.47 Å². The van der Waals surface area contributed by atoms with Crippen molar-refractivity contribution in [1.82, 2.24) is 16.0 Å². The zero-order valence-electron chi connectivity index (χ0n) is 30.6. The number of carbonyl (C=O) groups is 4. The average molecular weight is 855 g/mol. The number of nitrogens with zero attached hydrogens (tertiary/aromatic N) is 4. The zero-order valence-corrected chi connectivity index (χ0v) is 33.8. The van der Waals surface area contributed by atoms with Crippen molar-refractivity contribution < 1.29 is 28.7 Å². The number of nitrogens with one attached hydrogen (secondary N) is 3. The van der Waals surface area contributed by atoms with Crippen LogP contribution in [0.4, 0.5) is 26.7 Å². The van der Waals surface area contributed by atoms with Gasteiger partial charge < -0.3 is 36.9 Å². The molecule has 3 aliphatic heterocycles. The standard InChI is InChI=1S/C19H19ClN4O3S.C16H12ClN3O3S.C3H10N2/c20-16-7-6-15(28-16)18(25)23-10-14-11-24(19(26)27-14)13-4-2-12(3-5-13)17-21-8-1-9-22-17;1-18-10-2-4-11(5-3-10)20-9-12(23-16(20)22)8-19-15(21)13-6-7-14(17)24-13;4-2-1-3-5/h2-7,14H,1,8-11H2,(H,21,22)(H,23,25);2-7,12H,8-9H2,(H,19,21);1-5H2/t14-;12-;/m00./s1. The number of hydrogen-bond donors (Lipinski definition) is 5. The highest BCUT2D eigenvalue weighted by Gasteiger charge is 2.34. The van der Waals surface area contributed by atoms with Gasteiger partial charge in [-0.1, -0.05) is 35.3 Å². The van der Waals surface area contributed by atoms with Crippen molar-refractivity contribution in [2.24, 2.45) is 16.5 Å². The van der Waals surface area contributed by atoms with E-state index in [-0.39, 0.29) is 24.9 Å². The molecule has 0 aliphatic carbocycles. The van der Waals surface area contributed by atoms with Crippen molar-refractivity contribution in [3.05, 3.63) is 108 Å². The summed E-state index contributed by atoms with van der Waals surface area (Å²) in [4.78, 5) is 60.2. The van der Waals surface area contributed by atoms with Gasteiger partial charge in [0, 0.05) is 30.0 Å². The van der Waals surface area contributed by atoms with Gasteiger partial charge in [-0.3, -0.25) is 24.4 Å². The number of cyclic esters (lactones) is 2. The molecule has 4 amide bonds. The summed E-state index contributed by atoms with van der Waals surface area (Å²) in [6, 6.07) is 21.0. The van der Waals surface area contributed by atoms with Gasteiger partial charge in [-0.2, -0.15) is 0 Å². The fraction of sp³-hybridized carbons (Fsp3) is 0.316. The molecule has 0 unspecified atom stereocenters. The molecule has 57 heavy (non-hydrogen) atoms. The highest BCUT2D eigenvalue weighted by molar-refractivity contribution is 7.18. The molecule has 0 saturated carbocycles. The summed E-state index contributed by atoms with van der Waals surface area (Å²) in [5, 5.41) is 8.80. The largest absolute Gasteiger partial charge is 0.442 e. The lowest BCUT2D eigenvalue weighted by atomic mass is 10.1. The van der Waals surface area contributed by atoms with E-state index >= 15 is 0 Å². The maximum Gasteiger partial charge on any atom is 0.414 e. The number of amidine groups is 1. The van der Waals surface area contributed by atoms with Gasteiger partial charge in [-0.15, -0.1) is 22.7 Å². The first-order valence-electron chi connectivity index (χ1n) is 17.9. The highest BCUT2D eigenvalue weighted by Crippen LogP contribution is 2.26. The Morgan fingerprint density at radius 2 is 1.30 bits per heavy atom. The third-order valence-electron chi connectivity index (χ3n) is 8.37. The monoisotopic (exact) mass is 853 g/mol. The Balaban J connectivity index is 0.000000197. The lowest BCUT2D eigenvalue weighted by molar-refractivity contribution is 0.0915. The van der Waals surface area contributed by atoms with Crippen LogP contribution in [-0.4, -0.2) is 94.4 Å². The Bertz CT molecular complexity index is 2070. The number of aliphatic imine (C=N–C) groups is 1.